The van der Waals surface area contributed by atoms with Crippen LogP contribution in [0.3, 0.4) is 0 Å². The summed E-state index contributed by atoms with van der Waals surface area (Å²) in [5.41, 5.74) is 1.29. The zero-order valence-electron chi connectivity index (χ0n) is 14.0. The number of nitrogens with one attached hydrogen (secondary N) is 1. The Bertz CT molecular complexity index is 538. The molecule has 0 saturated heterocycles. The Morgan fingerprint density at radius 3 is 2.22 bits per heavy atom. The summed E-state index contributed by atoms with van der Waals surface area (Å²) in [6, 6.07) is 8.43. The van der Waals surface area contributed by atoms with E-state index in [1.54, 1.807) is 0 Å². The third kappa shape index (κ3) is 3.11. The highest BCUT2D eigenvalue weighted by molar-refractivity contribution is 5.78. The average molecular weight is 313 g/mol. The van der Waals surface area contributed by atoms with E-state index in [-0.39, 0.29) is 12.5 Å². The van der Waals surface area contributed by atoms with Crippen molar-refractivity contribution in [1.29, 1.82) is 0 Å². The second-order valence-electron chi connectivity index (χ2n) is 7.81. The van der Waals surface area contributed by atoms with Crippen LogP contribution in [0.1, 0.15) is 44.6 Å². The molecule has 1 N–H and O–H groups in total. The molecule has 1 aromatic rings. The molecule has 4 saturated carbocycles. The molecule has 4 bridgehead atoms. The van der Waals surface area contributed by atoms with Gasteiger partial charge in [-0.2, -0.15) is 0 Å². The zero-order chi connectivity index (χ0) is 15.8. The van der Waals surface area contributed by atoms with Crippen molar-refractivity contribution in [2.75, 3.05) is 6.61 Å². The van der Waals surface area contributed by atoms with Gasteiger partial charge in [-0.3, -0.25) is 4.79 Å². The summed E-state index contributed by atoms with van der Waals surface area (Å²) in [6.45, 7) is 2.27. The van der Waals surface area contributed by atoms with Crippen molar-refractivity contribution < 1.29 is 9.53 Å². The van der Waals surface area contributed by atoms with Gasteiger partial charge in [0, 0.05) is 6.04 Å². The summed E-state index contributed by atoms with van der Waals surface area (Å²) >= 11 is 0. The maximum atomic E-state index is 12.3. The Morgan fingerprint density at radius 1 is 1.04 bits per heavy atom. The molecular formula is C20H27NO2. The molecule has 0 radical (unpaired) electrons. The molecular weight excluding hydrogens is 286 g/mol. The third-order valence-corrected chi connectivity index (χ3v) is 6.26. The Labute approximate surface area is 138 Å². The lowest BCUT2D eigenvalue weighted by Gasteiger charge is -2.54. The van der Waals surface area contributed by atoms with E-state index in [2.05, 4.69) is 24.4 Å². The molecule has 0 spiro atoms. The summed E-state index contributed by atoms with van der Waals surface area (Å²) in [5.74, 6) is 4.15. The van der Waals surface area contributed by atoms with Crippen LogP contribution >= 0.6 is 0 Å². The number of hydrogen-bond acceptors (Lipinski definition) is 2. The maximum Gasteiger partial charge on any atom is 0.258 e. The van der Waals surface area contributed by atoms with Gasteiger partial charge in [0.15, 0.2) is 6.61 Å². The van der Waals surface area contributed by atoms with Gasteiger partial charge >= 0.3 is 0 Å². The van der Waals surface area contributed by atoms with Gasteiger partial charge in [0.05, 0.1) is 0 Å². The molecule has 124 valence electrons. The highest BCUT2D eigenvalue weighted by Crippen LogP contribution is 2.53. The van der Waals surface area contributed by atoms with E-state index < -0.39 is 0 Å². The van der Waals surface area contributed by atoms with Crippen molar-refractivity contribution in [3.8, 4) is 5.75 Å². The van der Waals surface area contributed by atoms with Gasteiger partial charge < -0.3 is 10.1 Å². The number of amides is 1. The van der Waals surface area contributed by atoms with Crippen molar-refractivity contribution in [3.63, 3.8) is 0 Å². The molecule has 0 heterocycles. The van der Waals surface area contributed by atoms with Crippen LogP contribution in [0.2, 0.25) is 0 Å². The highest BCUT2D eigenvalue weighted by atomic mass is 16.5. The number of aryl methyl sites for hydroxylation is 1. The largest absolute Gasteiger partial charge is 0.484 e. The molecule has 5 rings (SSSR count). The van der Waals surface area contributed by atoms with Gasteiger partial charge in [0.1, 0.15) is 5.75 Å². The first kappa shape index (κ1) is 15.0. The summed E-state index contributed by atoms with van der Waals surface area (Å²) < 4.78 is 5.65. The fourth-order valence-electron chi connectivity index (χ4n) is 5.36. The van der Waals surface area contributed by atoms with Crippen LogP contribution in [0.4, 0.5) is 0 Å². The van der Waals surface area contributed by atoms with Gasteiger partial charge in [-0.25, -0.2) is 0 Å². The lowest BCUT2D eigenvalue weighted by molar-refractivity contribution is -0.127. The van der Waals surface area contributed by atoms with Gasteiger partial charge in [-0.1, -0.05) is 19.1 Å². The van der Waals surface area contributed by atoms with E-state index in [0.29, 0.717) is 6.04 Å². The Balaban J connectivity index is 1.30. The quantitative estimate of drug-likeness (QED) is 0.902. The monoisotopic (exact) mass is 313 g/mol. The van der Waals surface area contributed by atoms with Crippen molar-refractivity contribution in [3.05, 3.63) is 29.8 Å². The molecule has 3 nitrogen and oxygen atoms in total. The molecule has 1 amide bonds. The van der Waals surface area contributed by atoms with Crippen molar-refractivity contribution in [2.24, 2.45) is 23.7 Å². The molecule has 0 aromatic heterocycles. The molecule has 4 aliphatic carbocycles. The van der Waals surface area contributed by atoms with Crippen LogP contribution in [0.5, 0.6) is 5.75 Å². The Morgan fingerprint density at radius 2 is 1.65 bits per heavy atom. The Kier molecular flexibility index (Phi) is 4.04. The number of ether oxygens (including phenoxy) is 1. The average Bonchev–Trinajstić information content (AvgIpc) is 2.56. The SMILES string of the molecule is CCc1ccc(OCC(=O)NC2C3CC4CC(C3)CC2C4)cc1. The van der Waals surface area contributed by atoms with E-state index in [1.165, 1.54) is 37.7 Å². The Hall–Kier alpha value is -1.51. The zero-order valence-corrected chi connectivity index (χ0v) is 14.0. The molecule has 1 aromatic carbocycles. The molecule has 23 heavy (non-hydrogen) atoms. The molecule has 0 atom stereocenters. The second kappa shape index (κ2) is 6.18. The topological polar surface area (TPSA) is 38.3 Å². The fourth-order valence-corrected chi connectivity index (χ4v) is 5.36. The van der Waals surface area contributed by atoms with Gasteiger partial charge in [-0.05, 0) is 79.9 Å². The second-order valence-corrected chi connectivity index (χ2v) is 7.81. The predicted octanol–water partition coefficient (Wildman–Crippen LogP) is 3.57. The maximum absolute atomic E-state index is 12.3. The molecule has 0 unspecified atom stereocenters. The number of carbonyl (C=O) groups excluding carboxylic acids is 1. The van der Waals surface area contributed by atoms with Crippen LogP contribution in [0, 0.1) is 23.7 Å². The van der Waals surface area contributed by atoms with Crippen LogP contribution < -0.4 is 10.1 Å². The lowest BCUT2D eigenvalue weighted by atomic mass is 9.54. The van der Waals surface area contributed by atoms with Crippen LogP contribution in [-0.2, 0) is 11.2 Å². The molecule has 0 aliphatic heterocycles. The number of carbonyl (C=O) groups is 1. The summed E-state index contributed by atoms with van der Waals surface area (Å²) in [6.07, 6.45) is 7.79. The molecule has 4 fully saturated rings. The van der Waals surface area contributed by atoms with E-state index in [1.807, 2.05) is 12.1 Å². The van der Waals surface area contributed by atoms with Crippen molar-refractivity contribution in [1.82, 2.24) is 5.32 Å². The minimum atomic E-state index is 0.0436. The van der Waals surface area contributed by atoms with Gasteiger partial charge in [0.25, 0.3) is 5.91 Å². The van der Waals surface area contributed by atoms with Crippen molar-refractivity contribution >= 4 is 5.91 Å². The van der Waals surface area contributed by atoms with E-state index in [9.17, 15) is 4.79 Å². The number of rotatable bonds is 5. The van der Waals surface area contributed by atoms with E-state index >= 15 is 0 Å². The number of hydrogen-bond donors (Lipinski definition) is 1. The van der Waals surface area contributed by atoms with E-state index in [0.717, 1.165) is 35.8 Å². The summed E-state index contributed by atoms with van der Waals surface area (Å²) in [4.78, 5) is 12.3. The molecule has 3 heteroatoms. The predicted molar refractivity (Wildman–Crippen MR) is 90.3 cm³/mol. The summed E-state index contributed by atoms with van der Waals surface area (Å²) in [7, 11) is 0. The minimum absolute atomic E-state index is 0.0436. The lowest BCUT2D eigenvalue weighted by Crippen LogP contribution is -2.56. The van der Waals surface area contributed by atoms with Crippen molar-refractivity contribution in [2.45, 2.75) is 51.5 Å². The standard InChI is InChI=1S/C20H27NO2/c1-2-13-3-5-18(6-4-13)23-12-19(22)21-20-16-8-14-7-15(10-16)11-17(20)9-14/h3-6,14-17,20H,2,7-12H2,1H3,(H,21,22). The summed E-state index contributed by atoms with van der Waals surface area (Å²) in [5, 5.41) is 3.29. The van der Waals surface area contributed by atoms with Gasteiger partial charge in [-0.15, -0.1) is 0 Å². The van der Waals surface area contributed by atoms with Crippen LogP contribution in [-0.4, -0.2) is 18.6 Å². The first-order chi connectivity index (χ1) is 11.2. The first-order valence-corrected chi connectivity index (χ1v) is 9.22. The van der Waals surface area contributed by atoms with Gasteiger partial charge in [0.2, 0.25) is 0 Å². The van der Waals surface area contributed by atoms with E-state index in [4.69, 9.17) is 4.74 Å². The first-order valence-electron chi connectivity index (χ1n) is 9.22. The number of benzene rings is 1. The minimum Gasteiger partial charge on any atom is -0.484 e. The van der Waals surface area contributed by atoms with Crippen LogP contribution in [0.15, 0.2) is 24.3 Å². The fraction of sp³-hybridized carbons (Fsp3) is 0.650. The third-order valence-electron chi connectivity index (χ3n) is 6.26. The normalized spacial score (nSPS) is 34.4. The molecule has 4 aliphatic rings. The van der Waals surface area contributed by atoms with Crippen LogP contribution in [0.25, 0.3) is 0 Å². The smallest absolute Gasteiger partial charge is 0.258 e. The highest BCUT2D eigenvalue weighted by Gasteiger charge is 2.48.